The van der Waals surface area contributed by atoms with Crippen molar-refractivity contribution in [2.24, 2.45) is 5.92 Å². The highest BCUT2D eigenvalue weighted by molar-refractivity contribution is 5.98. The summed E-state index contributed by atoms with van der Waals surface area (Å²) in [6.45, 7) is 4.63. The number of rotatable bonds is 8. The Kier molecular flexibility index (Phi) is 7.42. The zero-order valence-electron chi connectivity index (χ0n) is 18.8. The lowest BCUT2D eigenvalue weighted by Crippen LogP contribution is -2.33. The minimum absolute atomic E-state index is 0.101. The summed E-state index contributed by atoms with van der Waals surface area (Å²) in [7, 11) is 1.52. The van der Waals surface area contributed by atoms with Crippen molar-refractivity contribution >= 4 is 5.91 Å². The highest BCUT2D eigenvalue weighted by Crippen LogP contribution is 2.24. The predicted octanol–water partition coefficient (Wildman–Crippen LogP) is 2.09. The maximum Gasteiger partial charge on any atom is 0.256 e. The van der Waals surface area contributed by atoms with Gasteiger partial charge in [0, 0.05) is 69.8 Å². The average Bonchev–Trinajstić information content (AvgIpc) is 3.24. The Bertz CT molecular complexity index is 996. The highest BCUT2D eigenvalue weighted by Gasteiger charge is 2.26. The number of nitrogens with zero attached hydrogens (tertiary/aromatic N) is 4. The monoisotopic (exact) mass is 439 g/mol. The van der Waals surface area contributed by atoms with Crippen LogP contribution in [0.5, 0.6) is 5.75 Å². The molecule has 2 aliphatic rings. The van der Waals surface area contributed by atoms with Gasteiger partial charge in [-0.1, -0.05) is 12.2 Å². The van der Waals surface area contributed by atoms with E-state index in [0.717, 1.165) is 51.1 Å². The number of nitrogens with one attached hydrogen (secondary N) is 1. The zero-order valence-corrected chi connectivity index (χ0v) is 18.8. The Balaban J connectivity index is 1.45. The van der Waals surface area contributed by atoms with Crippen LogP contribution in [-0.2, 0) is 19.5 Å². The SMILES string of the molecule is COc1cc(=O)n2c(c1C(=O)NCCCn1ccnc1)CCN(CC1CC=CCC1)CC2. The molecule has 0 spiro atoms. The summed E-state index contributed by atoms with van der Waals surface area (Å²) in [4.78, 5) is 32.4. The molecular weight excluding hydrogens is 406 g/mol. The number of amides is 1. The number of methoxy groups -OCH3 is 1. The molecule has 3 heterocycles. The van der Waals surface area contributed by atoms with Crippen LogP contribution < -0.4 is 15.6 Å². The van der Waals surface area contributed by atoms with Crippen LogP contribution in [0.2, 0.25) is 0 Å². The Labute approximate surface area is 188 Å². The molecule has 0 saturated heterocycles. The van der Waals surface area contributed by atoms with Crippen LogP contribution >= 0.6 is 0 Å². The van der Waals surface area contributed by atoms with Gasteiger partial charge >= 0.3 is 0 Å². The number of hydrogen-bond donors (Lipinski definition) is 1. The Morgan fingerprint density at radius 3 is 2.94 bits per heavy atom. The number of pyridine rings is 1. The van der Waals surface area contributed by atoms with Crippen LogP contribution in [0, 0.1) is 5.92 Å². The molecule has 1 amide bonds. The Hall–Kier alpha value is -2.87. The standard InChI is InChI=1S/C24H33N5O3/c1-32-21-16-22(30)29-15-14-27(17-19-6-3-2-4-7-19)12-8-20(29)23(21)24(31)26-9-5-11-28-13-10-25-18-28/h2-3,10,13,16,18-19H,4-9,11-12,14-15,17H2,1H3,(H,26,31). The maximum atomic E-state index is 13.1. The van der Waals surface area contributed by atoms with Crippen LogP contribution in [0.4, 0.5) is 0 Å². The Morgan fingerprint density at radius 2 is 2.19 bits per heavy atom. The lowest BCUT2D eigenvalue weighted by atomic mass is 9.94. The molecule has 1 aliphatic heterocycles. The molecule has 0 saturated carbocycles. The minimum Gasteiger partial charge on any atom is -0.496 e. The topological polar surface area (TPSA) is 81.4 Å². The van der Waals surface area contributed by atoms with Gasteiger partial charge in [0.05, 0.1) is 13.4 Å². The summed E-state index contributed by atoms with van der Waals surface area (Å²) in [5.74, 6) is 0.854. The van der Waals surface area contributed by atoms with Gasteiger partial charge in [0.2, 0.25) is 0 Å². The number of fused-ring (bicyclic) bond motifs is 1. The van der Waals surface area contributed by atoms with E-state index in [4.69, 9.17) is 4.74 Å². The number of carbonyl (C=O) groups is 1. The molecule has 4 rings (SSSR count). The molecule has 1 atom stereocenters. The number of aromatic nitrogens is 3. The summed E-state index contributed by atoms with van der Waals surface area (Å²) in [6.07, 6.45) is 14.9. The third-order valence-corrected chi connectivity index (χ3v) is 6.46. The molecule has 1 unspecified atom stereocenters. The van der Waals surface area contributed by atoms with Gasteiger partial charge in [0.25, 0.3) is 11.5 Å². The first-order valence-electron chi connectivity index (χ1n) is 11.6. The van der Waals surface area contributed by atoms with E-state index in [-0.39, 0.29) is 11.5 Å². The second-order valence-electron chi connectivity index (χ2n) is 8.64. The van der Waals surface area contributed by atoms with E-state index in [1.165, 1.54) is 19.6 Å². The predicted molar refractivity (Wildman–Crippen MR) is 123 cm³/mol. The molecule has 0 aromatic carbocycles. The van der Waals surface area contributed by atoms with Crippen molar-refractivity contribution in [1.29, 1.82) is 0 Å². The van der Waals surface area contributed by atoms with E-state index >= 15 is 0 Å². The second kappa shape index (κ2) is 10.6. The van der Waals surface area contributed by atoms with Gasteiger partial charge in [0.15, 0.2) is 0 Å². The van der Waals surface area contributed by atoms with Crippen molar-refractivity contribution in [3.8, 4) is 5.75 Å². The highest BCUT2D eigenvalue weighted by atomic mass is 16.5. The normalized spacial score (nSPS) is 18.7. The van der Waals surface area contributed by atoms with E-state index in [9.17, 15) is 9.59 Å². The number of aryl methyl sites for hydroxylation is 1. The van der Waals surface area contributed by atoms with Crippen molar-refractivity contribution in [3.05, 3.63) is 58.6 Å². The second-order valence-corrected chi connectivity index (χ2v) is 8.64. The largest absolute Gasteiger partial charge is 0.496 e. The van der Waals surface area contributed by atoms with Crippen molar-refractivity contribution < 1.29 is 9.53 Å². The summed E-state index contributed by atoms with van der Waals surface area (Å²) >= 11 is 0. The van der Waals surface area contributed by atoms with Gasteiger partial charge in [0.1, 0.15) is 11.3 Å². The molecule has 0 radical (unpaired) electrons. The van der Waals surface area contributed by atoms with Gasteiger partial charge in [-0.05, 0) is 31.6 Å². The molecule has 2 aromatic rings. The van der Waals surface area contributed by atoms with Gasteiger partial charge in [-0.25, -0.2) is 4.98 Å². The quantitative estimate of drug-likeness (QED) is 0.503. The number of carbonyl (C=O) groups excluding carboxylic acids is 1. The number of imidazole rings is 1. The Morgan fingerprint density at radius 1 is 1.28 bits per heavy atom. The molecule has 0 fully saturated rings. The fourth-order valence-electron chi connectivity index (χ4n) is 4.74. The van der Waals surface area contributed by atoms with Gasteiger partial charge in [-0.15, -0.1) is 0 Å². The van der Waals surface area contributed by atoms with Crippen molar-refractivity contribution in [3.63, 3.8) is 0 Å². The number of hydrogen-bond acceptors (Lipinski definition) is 5. The molecular formula is C24H33N5O3. The minimum atomic E-state index is -0.179. The van der Waals surface area contributed by atoms with Crippen molar-refractivity contribution in [1.82, 2.24) is 24.3 Å². The van der Waals surface area contributed by atoms with Crippen LogP contribution in [0.15, 0.2) is 41.7 Å². The third kappa shape index (κ3) is 5.30. The van der Waals surface area contributed by atoms with E-state index < -0.39 is 0 Å². The lowest BCUT2D eigenvalue weighted by molar-refractivity contribution is 0.0947. The summed E-state index contributed by atoms with van der Waals surface area (Å²) in [6, 6.07) is 1.45. The molecule has 172 valence electrons. The summed E-state index contributed by atoms with van der Waals surface area (Å²) in [5.41, 5.74) is 1.18. The van der Waals surface area contributed by atoms with Gasteiger partial charge in [-0.2, -0.15) is 0 Å². The fraction of sp³-hybridized carbons (Fsp3) is 0.542. The first kappa shape index (κ1) is 22.3. The molecule has 8 nitrogen and oxygen atoms in total. The molecule has 1 aliphatic carbocycles. The van der Waals surface area contributed by atoms with E-state index in [0.29, 0.717) is 36.7 Å². The molecule has 2 aromatic heterocycles. The first-order valence-corrected chi connectivity index (χ1v) is 11.6. The van der Waals surface area contributed by atoms with E-state index in [1.54, 1.807) is 17.1 Å². The average molecular weight is 440 g/mol. The van der Waals surface area contributed by atoms with E-state index in [2.05, 4.69) is 27.4 Å². The van der Waals surface area contributed by atoms with Crippen LogP contribution in [-0.4, -0.2) is 58.2 Å². The fourth-order valence-corrected chi connectivity index (χ4v) is 4.74. The summed E-state index contributed by atoms with van der Waals surface area (Å²) in [5, 5.41) is 3.01. The van der Waals surface area contributed by atoms with Crippen LogP contribution in [0.25, 0.3) is 0 Å². The summed E-state index contributed by atoms with van der Waals surface area (Å²) < 4.78 is 9.21. The maximum absolute atomic E-state index is 13.1. The number of allylic oxidation sites excluding steroid dienone is 2. The van der Waals surface area contributed by atoms with Crippen molar-refractivity contribution in [2.75, 3.05) is 33.3 Å². The number of ether oxygens (including phenoxy) is 1. The van der Waals surface area contributed by atoms with Crippen LogP contribution in [0.3, 0.4) is 0 Å². The van der Waals surface area contributed by atoms with Gasteiger partial charge < -0.3 is 24.1 Å². The van der Waals surface area contributed by atoms with Gasteiger partial charge in [-0.3, -0.25) is 9.59 Å². The molecule has 8 heteroatoms. The smallest absolute Gasteiger partial charge is 0.256 e. The molecule has 32 heavy (non-hydrogen) atoms. The van der Waals surface area contributed by atoms with Crippen molar-refractivity contribution in [2.45, 2.75) is 45.2 Å². The first-order chi connectivity index (χ1) is 15.7. The molecule has 1 N–H and O–H groups in total. The van der Waals surface area contributed by atoms with E-state index in [1.807, 2.05) is 10.8 Å². The third-order valence-electron chi connectivity index (χ3n) is 6.46. The van der Waals surface area contributed by atoms with Crippen LogP contribution in [0.1, 0.15) is 41.7 Å². The lowest BCUT2D eigenvalue weighted by Gasteiger charge is -2.26. The zero-order chi connectivity index (χ0) is 22.3. The molecule has 0 bridgehead atoms.